The fraction of sp³-hybridized carbons (Fsp3) is 0.174. The third-order valence-electron chi connectivity index (χ3n) is 4.86. The third-order valence-corrected chi connectivity index (χ3v) is 5.39. The fourth-order valence-corrected chi connectivity index (χ4v) is 3.64. The van der Waals surface area contributed by atoms with Crippen LogP contribution in [0, 0.1) is 6.92 Å². The molecule has 29 heavy (non-hydrogen) atoms. The molecule has 0 bridgehead atoms. The van der Waals surface area contributed by atoms with Crippen LogP contribution in [0.25, 0.3) is 0 Å². The highest BCUT2D eigenvalue weighted by molar-refractivity contribution is 9.10. The summed E-state index contributed by atoms with van der Waals surface area (Å²) in [6.07, 6.45) is 1.65. The van der Waals surface area contributed by atoms with E-state index in [0.717, 1.165) is 25.7 Å². The number of benzene rings is 2. The van der Waals surface area contributed by atoms with Gasteiger partial charge in [-0.05, 0) is 41.8 Å². The molecule has 0 fully saturated rings. The molecule has 2 N–H and O–H groups in total. The van der Waals surface area contributed by atoms with Crippen molar-refractivity contribution in [2.24, 2.45) is 5.73 Å². The lowest BCUT2D eigenvalue weighted by atomic mass is 9.84. The zero-order valence-corrected chi connectivity index (χ0v) is 17.6. The number of nitrogens with zero attached hydrogens (tertiary/aromatic N) is 1. The van der Waals surface area contributed by atoms with E-state index in [1.165, 1.54) is 18.3 Å². The van der Waals surface area contributed by atoms with Crippen molar-refractivity contribution in [3.05, 3.63) is 104 Å². The maximum Gasteiger partial charge on any atom is 0.251 e. The van der Waals surface area contributed by atoms with Crippen LogP contribution in [0.15, 0.2) is 76.1 Å². The number of aromatic nitrogens is 1. The summed E-state index contributed by atoms with van der Waals surface area (Å²) in [4.78, 5) is 36.2. The molecule has 5 nitrogen and oxygen atoms in total. The Kier molecular flexibility index (Phi) is 6.44. The number of hydrogen-bond donors (Lipinski definition) is 1. The number of pyridine rings is 1. The maximum absolute atomic E-state index is 13.1. The summed E-state index contributed by atoms with van der Waals surface area (Å²) < 4.78 is 2.13. The Balaban J connectivity index is 1.97. The highest BCUT2D eigenvalue weighted by Gasteiger charge is 2.21. The number of ketones is 1. The molecule has 3 rings (SSSR count). The average Bonchev–Trinajstić information content (AvgIpc) is 2.69. The highest BCUT2D eigenvalue weighted by atomic mass is 79.9. The number of hydrogen-bond acceptors (Lipinski definition) is 3. The van der Waals surface area contributed by atoms with Gasteiger partial charge in [-0.25, -0.2) is 0 Å². The van der Waals surface area contributed by atoms with E-state index in [2.05, 4.69) is 15.9 Å². The van der Waals surface area contributed by atoms with Gasteiger partial charge in [-0.2, -0.15) is 0 Å². The van der Waals surface area contributed by atoms with Gasteiger partial charge in [0, 0.05) is 34.6 Å². The van der Waals surface area contributed by atoms with Crippen molar-refractivity contribution in [2.45, 2.75) is 25.8 Å². The SMILES string of the molecule is Cc1ccccc1C(CC(=O)c1ccc(=O)n(CC(N)=O)c1)c1ccc(Br)cc1. The van der Waals surface area contributed by atoms with Gasteiger partial charge in [0.2, 0.25) is 5.91 Å². The molecule has 0 radical (unpaired) electrons. The van der Waals surface area contributed by atoms with Crippen molar-refractivity contribution in [1.82, 2.24) is 4.57 Å². The van der Waals surface area contributed by atoms with Gasteiger partial charge in [-0.15, -0.1) is 0 Å². The number of halogens is 1. The van der Waals surface area contributed by atoms with Crippen molar-refractivity contribution in [1.29, 1.82) is 0 Å². The van der Waals surface area contributed by atoms with Crippen LogP contribution in [0.1, 0.15) is 39.4 Å². The molecule has 1 amide bonds. The second-order valence-electron chi connectivity index (χ2n) is 6.94. The molecule has 2 aromatic carbocycles. The molecule has 1 atom stereocenters. The van der Waals surface area contributed by atoms with Gasteiger partial charge in [0.15, 0.2) is 5.78 Å². The summed E-state index contributed by atoms with van der Waals surface area (Å²) in [5.74, 6) is -0.878. The Labute approximate surface area is 177 Å². The molecule has 3 aromatic rings. The van der Waals surface area contributed by atoms with Gasteiger partial charge in [-0.1, -0.05) is 52.3 Å². The van der Waals surface area contributed by atoms with Crippen molar-refractivity contribution in [2.75, 3.05) is 0 Å². The molecule has 0 aliphatic rings. The Morgan fingerprint density at radius 1 is 1.03 bits per heavy atom. The molecule has 1 heterocycles. The van der Waals surface area contributed by atoms with E-state index < -0.39 is 5.91 Å². The first kappa shape index (κ1) is 20.7. The van der Waals surface area contributed by atoms with E-state index in [0.29, 0.717) is 5.56 Å². The normalized spacial score (nSPS) is 11.8. The van der Waals surface area contributed by atoms with Crippen molar-refractivity contribution < 1.29 is 9.59 Å². The van der Waals surface area contributed by atoms with E-state index in [-0.39, 0.29) is 30.2 Å². The van der Waals surface area contributed by atoms with Crippen LogP contribution in [0.5, 0.6) is 0 Å². The predicted molar refractivity (Wildman–Crippen MR) is 116 cm³/mol. The van der Waals surface area contributed by atoms with Crippen LogP contribution in [-0.4, -0.2) is 16.3 Å². The average molecular weight is 453 g/mol. The van der Waals surface area contributed by atoms with Crippen LogP contribution in [0.3, 0.4) is 0 Å². The van der Waals surface area contributed by atoms with Crippen LogP contribution in [0.4, 0.5) is 0 Å². The van der Waals surface area contributed by atoms with E-state index >= 15 is 0 Å². The Hall–Kier alpha value is -2.99. The lowest BCUT2D eigenvalue weighted by Gasteiger charge is -2.20. The second-order valence-corrected chi connectivity index (χ2v) is 7.85. The number of rotatable bonds is 7. The molecule has 0 aliphatic heterocycles. The molecule has 0 saturated heterocycles. The molecular weight excluding hydrogens is 432 g/mol. The van der Waals surface area contributed by atoms with Crippen LogP contribution in [0.2, 0.25) is 0 Å². The van der Waals surface area contributed by atoms with Crippen molar-refractivity contribution in [3.63, 3.8) is 0 Å². The number of nitrogens with two attached hydrogens (primary N) is 1. The first-order chi connectivity index (χ1) is 13.8. The zero-order chi connectivity index (χ0) is 21.0. The predicted octanol–water partition coefficient (Wildman–Crippen LogP) is 3.81. The first-order valence-corrected chi connectivity index (χ1v) is 9.97. The summed E-state index contributed by atoms with van der Waals surface area (Å²) in [7, 11) is 0. The molecular formula is C23H21BrN2O3. The van der Waals surface area contributed by atoms with Crippen LogP contribution >= 0.6 is 15.9 Å². The summed E-state index contributed by atoms with van der Waals surface area (Å²) in [6, 6.07) is 18.7. The quantitative estimate of drug-likeness (QED) is 0.553. The zero-order valence-electron chi connectivity index (χ0n) is 16.0. The molecule has 0 spiro atoms. The molecule has 0 aliphatic carbocycles. The van der Waals surface area contributed by atoms with Gasteiger partial charge in [0.25, 0.3) is 5.56 Å². The van der Waals surface area contributed by atoms with Crippen LogP contribution < -0.4 is 11.3 Å². The van der Waals surface area contributed by atoms with Crippen molar-refractivity contribution in [3.8, 4) is 0 Å². The van der Waals surface area contributed by atoms with Gasteiger partial charge in [-0.3, -0.25) is 14.4 Å². The standard InChI is InChI=1S/C23H21BrN2O3/c1-15-4-2-3-5-19(15)20(16-6-9-18(24)10-7-16)12-21(27)17-8-11-23(29)26(13-17)14-22(25)28/h2-11,13,20H,12,14H2,1H3,(H2,25,28). The molecule has 148 valence electrons. The largest absolute Gasteiger partial charge is 0.368 e. The minimum Gasteiger partial charge on any atom is -0.368 e. The van der Waals surface area contributed by atoms with E-state index in [1.807, 2.05) is 55.5 Å². The molecule has 1 unspecified atom stereocenters. The molecule has 1 aromatic heterocycles. The smallest absolute Gasteiger partial charge is 0.251 e. The topological polar surface area (TPSA) is 82.2 Å². The summed E-state index contributed by atoms with van der Waals surface area (Å²) in [5.41, 5.74) is 8.41. The van der Waals surface area contributed by atoms with Gasteiger partial charge in [0.1, 0.15) is 6.54 Å². The molecule has 6 heteroatoms. The monoisotopic (exact) mass is 452 g/mol. The lowest BCUT2D eigenvalue weighted by molar-refractivity contribution is -0.118. The summed E-state index contributed by atoms with van der Waals surface area (Å²) in [6.45, 7) is 1.77. The number of amides is 1. The number of Topliss-reactive ketones (excluding diaryl/α,β-unsaturated/α-hetero) is 1. The van der Waals surface area contributed by atoms with Gasteiger partial charge < -0.3 is 10.3 Å². The molecule has 0 saturated carbocycles. The number of carbonyl (C=O) groups excluding carboxylic acids is 2. The van der Waals surface area contributed by atoms with E-state index in [4.69, 9.17) is 5.73 Å². The Morgan fingerprint density at radius 2 is 1.72 bits per heavy atom. The van der Waals surface area contributed by atoms with E-state index in [1.54, 1.807) is 0 Å². The fourth-order valence-electron chi connectivity index (χ4n) is 3.37. The maximum atomic E-state index is 13.1. The minimum absolute atomic E-state index is 0.112. The Bertz CT molecular complexity index is 1100. The lowest BCUT2D eigenvalue weighted by Crippen LogP contribution is -2.28. The summed E-state index contributed by atoms with van der Waals surface area (Å²) in [5, 5.41) is 0. The first-order valence-electron chi connectivity index (χ1n) is 9.18. The summed E-state index contributed by atoms with van der Waals surface area (Å²) >= 11 is 3.45. The second kappa shape index (κ2) is 9.01. The van der Waals surface area contributed by atoms with E-state index in [9.17, 15) is 14.4 Å². The highest BCUT2D eigenvalue weighted by Crippen LogP contribution is 2.32. The number of aryl methyl sites for hydroxylation is 1. The Morgan fingerprint density at radius 3 is 2.38 bits per heavy atom. The van der Waals surface area contributed by atoms with Gasteiger partial charge in [0.05, 0.1) is 0 Å². The van der Waals surface area contributed by atoms with Crippen LogP contribution in [-0.2, 0) is 11.3 Å². The van der Waals surface area contributed by atoms with Gasteiger partial charge >= 0.3 is 0 Å². The number of carbonyl (C=O) groups is 2. The minimum atomic E-state index is -0.635. The third kappa shape index (κ3) is 5.09. The van der Waals surface area contributed by atoms with Crippen molar-refractivity contribution >= 4 is 27.6 Å². The number of primary amides is 1.